The standard InChI is InChI=1S/C18H17N3O2S/c22-15-5-2-1-4-12(15)10-21-8-7-13-14(11-21)19-17(20-18(13)23)16-6-3-9-24-16/h1-6,9,22H,7-8,10-11H2,(H,19,20,23). The van der Waals surface area contributed by atoms with E-state index in [2.05, 4.69) is 14.9 Å². The third-order valence-corrected chi connectivity index (χ3v) is 5.17. The molecule has 0 unspecified atom stereocenters. The molecule has 0 bridgehead atoms. The molecule has 0 radical (unpaired) electrons. The molecule has 5 nitrogen and oxygen atoms in total. The number of thiophene rings is 1. The average Bonchev–Trinajstić information content (AvgIpc) is 3.11. The fraction of sp³-hybridized carbons (Fsp3) is 0.222. The maximum atomic E-state index is 12.3. The topological polar surface area (TPSA) is 69.2 Å². The molecule has 0 atom stereocenters. The first-order valence-electron chi connectivity index (χ1n) is 7.86. The van der Waals surface area contributed by atoms with Crippen LogP contribution in [0.15, 0.2) is 46.6 Å². The van der Waals surface area contributed by atoms with Crippen molar-refractivity contribution >= 4 is 11.3 Å². The second-order valence-corrected chi connectivity index (χ2v) is 6.85. The number of H-pyrrole nitrogens is 1. The zero-order chi connectivity index (χ0) is 16.5. The van der Waals surface area contributed by atoms with E-state index in [0.29, 0.717) is 31.1 Å². The Morgan fingerprint density at radius 3 is 2.92 bits per heavy atom. The third-order valence-electron chi connectivity index (χ3n) is 4.29. The van der Waals surface area contributed by atoms with Gasteiger partial charge in [-0.25, -0.2) is 4.98 Å². The zero-order valence-corrected chi connectivity index (χ0v) is 13.8. The van der Waals surface area contributed by atoms with Crippen LogP contribution in [0.5, 0.6) is 5.75 Å². The van der Waals surface area contributed by atoms with Gasteiger partial charge in [-0.2, -0.15) is 0 Å². The summed E-state index contributed by atoms with van der Waals surface area (Å²) in [5.74, 6) is 0.944. The Hall–Kier alpha value is -2.44. The molecule has 3 aromatic rings. The molecule has 122 valence electrons. The van der Waals surface area contributed by atoms with E-state index in [4.69, 9.17) is 0 Å². The first-order chi connectivity index (χ1) is 11.7. The zero-order valence-electron chi connectivity index (χ0n) is 13.0. The Morgan fingerprint density at radius 1 is 1.25 bits per heavy atom. The Bertz CT molecular complexity index is 918. The number of aromatic nitrogens is 2. The minimum absolute atomic E-state index is 0.0365. The van der Waals surface area contributed by atoms with Crippen LogP contribution in [0.1, 0.15) is 16.8 Å². The van der Waals surface area contributed by atoms with Crippen molar-refractivity contribution < 1.29 is 5.11 Å². The predicted octanol–water partition coefficient (Wildman–Crippen LogP) is 2.76. The highest BCUT2D eigenvalue weighted by Gasteiger charge is 2.22. The van der Waals surface area contributed by atoms with Gasteiger partial charge in [-0.3, -0.25) is 9.69 Å². The van der Waals surface area contributed by atoms with Crippen molar-refractivity contribution in [1.82, 2.24) is 14.9 Å². The highest BCUT2D eigenvalue weighted by atomic mass is 32.1. The Labute approximate surface area is 143 Å². The third kappa shape index (κ3) is 2.86. The second kappa shape index (κ2) is 6.22. The molecule has 0 amide bonds. The van der Waals surface area contributed by atoms with E-state index in [1.165, 1.54) is 0 Å². The highest BCUT2D eigenvalue weighted by molar-refractivity contribution is 7.13. The van der Waals surface area contributed by atoms with E-state index >= 15 is 0 Å². The van der Waals surface area contributed by atoms with Crippen molar-refractivity contribution in [3.8, 4) is 16.5 Å². The van der Waals surface area contributed by atoms with Crippen molar-refractivity contribution in [3.63, 3.8) is 0 Å². The minimum Gasteiger partial charge on any atom is -0.508 e. The van der Waals surface area contributed by atoms with Gasteiger partial charge in [0.1, 0.15) is 5.75 Å². The molecule has 0 fully saturated rings. The Balaban J connectivity index is 1.62. The number of fused-ring (bicyclic) bond motifs is 1. The maximum Gasteiger partial charge on any atom is 0.254 e. The van der Waals surface area contributed by atoms with Crippen LogP contribution in [0.3, 0.4) is 0 Å². The summed E-state index contributed by atoms with van der Waals surface area (Å²) < 4.78 is 0. The molecule has 0 spiro atoms. The monoisotopic (exact) mass is 339 g/mol. The van der Waals surface area contributed by atoms with Crippen molar-refractivity contribution in [1.29, 1.82) is 0 Å². The molecule has 6 heteroatoms. The molecule has 2 aromatic heterocycles. The van der Waals surface area contributed by atoms with Crippen LogP contribution < -0.4 is 5.56 Å². The number of hydrogen-bond acceptors (Lipinski definition) is 5. The van der Waals surface area contributed by atoms with Gasteiger partial charge in [0.25, 0.3) is 5.56 Å². The van der Waals surface area contributed by atoms with Gasteiger partial charge in [0.05, 0.1) is 10.6 Å². The molecule has 24 heavy (non-hydrogen) atoms. The number of aromatic amines is 1. The largest absolute Gasteiger partial charge is 0.508 e. The lowest BCUT2D eigenvalue weighted by molar-refractivity contribution is 0.237. The fourth-order valence-electron chi connectivity index (χ4n) is 3.04. The average molecular weight is 339 g/mol. The number of benzene rings is 1. The van der Waals surface area contributed by atoms with E-state index in [1.54, 1.807) is 17.4 Å². The molecule has 0 saturated carbocycles. The number of para-hydroxylation sites is 1. The SMILES string of the molecule is O=c1[nH]c(-c2cccs2)nc2c1CCN(Cc1ccccc1O)C2. The van der Waals surface area contributed by atoms with Gasteiger partial charge in [-0.1, -0.05) is 24.3 Å². The van der Waals surface area contributed by atoms with Crippen molar-refractivity contribution in [3.05, 3.63) is 69.0 Å². The number of phenolic OH excluding ortho intramolecular Hbond substituents is 1. The number of nitrogens with zero attached hydrogens (tertiary/aromatic N) is 2. The quantitative estimate of drug-likeness (QED) is 0.770. The van der Waals surface area contributed by atoms with E-state index < -0.39 is 0 Å². The van der Waals surface area contributed by atoms with Crippen LogP contribution in [-0.4, -0.2) is 26.5 Å². The molecule has 0 aliphatic carbocycles. The maximum absolute atomic E-state index is 12.3. The van der Waals surface area contributed by atoms with Crippen molar-refractivity contribution in [2.45, 2.75) is 19.5 Å². The van der Waals surface area contributed by atoms with Crippen LogP contribution in [0.2, 0.25) is 0 Å². The van der Waals surface area contributed by atoms with Gasteiger partial charge in [-0.05, 0) is 23.9 Å². The van der Waals surface area contributed by atoms with Gasteiger partial charge < -0.3 is 10.1 Å². The summed E-state index contributed by atoms with van der Waals surface area (Å²) in [6.07, 6.45) is 0.677. The smallest absolute Gasteiger partial charge is 0.254 e. The molecular weight excluding hydrogens is 322 g/mol. The van der Waals surface area contributed by atoms with E-state index in [9.17, 15) is 9.90 Å². The predicted molar refractivity (Wildman–Crippen MR) is 94.1 cm³/mol. The molecule has 3 heterocycles. The molecule has 1 aromatic carbocycles. The first kappa shape index (κ1) is 15.1. The lowest BCUT2D eigenvalue weighted by Gasteiger charge is -2.27. The summed E-state index contributed by atoms with van der Waals surface area (Å²) in [4.78, 5) is 23.1. The molecule has 1 aliphatic rings. The number of phenols is 1. The number of rotatable bonds is 3. The van der Waals surface area contributed by atoms with Crippen molar-refractivity contribution in [2.24, 2.45) is 0 Å². The van der Waals surface area contributed by atoms with Crippen LogP contribution in [0, 0.1) is 0 Å². The number of hydrogen-bond donors (Lipinski definition) is 2. The van der Waals surface area contributed by atoms with Gasteiger partial charge >= 0.3 is 0 Å². The summed E-state index contributed by atoms with van der Waals surface area (Å²) in [5, 5.41) is 11.9. The van der Waals surface area contributed by atoms with Gasteiger partial charge in [0.15, 0.2) is 5.82 Å². The first-order valence-corrected chi connectivity index (χ1v) is 8.74. The minimum atomic E-state index is -0.0365. The number of nitrogens with one attached hydrogen (secondary N) is 1. The summed E-state index contributed by atoms with van der Waals surface area (Å²) in [5.41, 5.74) is 2.47. The normalized spacial score (nSPS) is 14.5. The van der Waals surface area contributed by atoms with Gasteiger partial charge in [-0.15, -0.1) is 11.3 Å². The second-order valence-electron chi connectivity index (χ2n) is 5.91. The summed E-state index contributed by atoms with van der Waals surface area (Å²) in [6.45, 7) is 2.05. The van der Waals surface area contributed by atoms with Gasteiger partial charge in [0.2, 0.25) is 0 Å². The summed E-state index contributed by atoms with van der Waals surface area (Å²) >= 11 is 1.56. The van der Waals surface area contributed by atoms with Crippen LogP contribution in [0.4, 0.5) is 0 Å². The van der Waals surface area contributed by atoms with Crippen LogP contribution in [0.25, 0.3) is 10.7 Å². The number of aromatic hydroxyl groups is 1. The van der Waals surface area contributed by atoms with E-state index in [0.717, 1.165) is 28.2 Å². The molecule has 0 saturated heterocycles. The van der Waals surface area contributed by atoms with Gasteiger partial charge in [0, 0.05) is 30.8 Å². The van der Waals surface area contributed by atoms with E-state index in [-0.39, 0.29) is 5.56 Å². The highest BCUT2D eigenvalue weighted by Crippen LogP contribution is 2.24. The molecule has 4 rings (SSSR count). The Morgan fingerprint density at radius 2 is 2.12 bits per heavy atom. The van der Waals surface area contributed by atoms with Crippen LogP contribution >= 0.6 is 11.3 Å². The molecule has 1 aliphatic heterocycles. The van der Waals surface area contributed by atoms with Crippen LogP contribution in [-0.2, 0) is 19.5 Å². The fourth-order valence-corrected chi connectivity index (χ4v) is 3.71. The van der Waals surface area contributed by atoms with Crippen molar-refractivity contribution in [2.75, 3.05) is 6.54 Å². The summed E-state index contributed by atoms with van der Waals surface area (Å²) in [6, 6.07) is 11.3. The Kier molecular flexibility index (Phi) is 3.92. The lowest BCUT2D eigenvalue weighted by Crippen LogP contribution is -2.35. The molecular formula is C18H17N3O2S. The lowest BCUT2D eigenvalue weighted by atomic mass is 10.1. The summed E-state index contributed by atoms with van der Waals surface area (Å²) in [7, 11) is 0. The molecule has 2 N–H and O–H groups in total. The van der Waals surface area contributed by atoms with E-state index in [1.807, 2.05) is 35.7 Å².